The average molecular weight is 347 g/mol. The van der Waals surface area contributed by atoms with Gasteiger partial charge in [-0.15, -0.1) is 0 Å². The highest BCUT2D eigenvalue weighted by Crippen LogP contribution is 2.30. The zero-order valence-electron chi connectivity index (χ0n) is 13.1. The van der Waals surface area contributed by atoms with Crippen molar-refractivity contribution in [2.75, 3.05) is 36.8 Å². The van der Waals surface area contributed by atoms with Crippen LogP contribution in [-0.4, -0.2) is 49.6 Å². The van der Waals surface area contributed by atoms with Gasteiger partial charge in [0.1, 0.15) is 0 Å². The summed E-state index contributed by atoms with van der Waals surface area (Å²) in [5.41, 5.74) is 7.82. The lowest BCUT2D eigenvalue weighted by Crippen LogP contribution is -2.48. The first kappa shape index (κ1) is 16.7. The van der Waals surface area contributed by atoms with Gasteiger partial charge in [-0.25, -0.2) is 9.37 Å². The van der Waals surface area contributed by atoms with Gasteiger partial charge in [0.2, 0.25) is 0 Å². The molecule has 0 atom stereocenters. The van der Waals surface area contributed by atoms with Crippen molar-refractivity contribution in [2.45, 2.75) is 0 Å². The van der Waals surface area contributed by atoms with Crippen molar-refractivity contribution in [3.63, 3.8) is 0 Å². The molecule has 124 valence electrons. The van der Waals surface area contributed by atoms with Gasteiger partial charge in [0.15, 0.2) is 11.6 Å². The minimum atomic E-state index is -0.545. The lowest BCUT2D eigenvalue weighted by atomic mass is 9.93. The van der Waals surface area contributed by atoms with E-state index in [2.05, 4.69) is 14.7 Å². The normalized spacial score (nSPS) is 15.3. The van der Waals surface area contributed by atoms with E-state index in [1.165, 1.54) is 12.3 Å². The van der Waals surface area contributed by atoms with Crippen LogP contribution in [0.1, 0.15) is 0 Å². The molecule has 2 heterocycles. The van der Waals surface area contributed by atoms with E-state index >= 15 is 0 Å². The predicted octanol–water partition coefficient (Wildman–Crippen LogP) is 1.79. The van der Waals surface area contributed by atoms with Gasteiger partial charge in [0, 0.05) is 48.6 Å². The molecule has 2 aromatic rings. The van der Waals surface area contributed by atoms with Crippen LogP contribution in [0.4, 0.5) is 15.9 Å². The van der Waals surface area contributed by atoms with Gasteiger partial charge in [-0.2, -0.15) is 0 Å². The third-order valence-electron chi connectivity index (χ3n) is 4.16. The second kappa shape index (κ2) is 7.19. The number of anilines is 2. The number of rotatable bonds is 4. The number of nitrogen functional groups attached to an aromatic ring is 1. The molecule has 3 rings (SSSR count). The number of hydrogen-bond acceptors (Lipinski definition) is 5. The van der Waals surface area contributed by atoms with Crippen molar-refractivity contribution in [1.82, 2.24) is 9.79 Å². The fourth-order valence-corrected chi connectivity index (χ4v) is 3.05. The Hall–Kier alpha value is -2.12. The van der Waals surface area contributed by atoms with Crippen molar-refractivity contribution < 1.29 is 9.18 Å². The van der Waals surface area contributed by atoms with E-state index in [1.807, 2.05) is 12.1 Å². The Labute approximate surface area is 145 Å². The predicted molar refractivity (Wildman–Crippen MR) is 96.7 cm³/mol. The summed E-state index contributed by atoms with van der Waals surface area (Å²) in [6, 6.07) is 7.00. The van der Waals surface area contributed by atoms with Crippen LogP contribution in [-0.2, 0) is 4.79 Å². The molecule has 1 aromatic heterocycles. The Balaban J connectivity index is 1.84. The topological polar surface area (TPSA) is 62.5 Å². The number of piperazine rings is 1. The lowest BCUT2D eigenvalue weighted by molar-refractivity contribution is 0.409. The zero-order chi connectivity index (χ0) is 17.1. The summed E-state index contributed by atoms with van der Waals surface area (Å²) in [6.45, 7) is 3.25. The highest BCUT2D eigenvalue weighted by Gasteiger charge is 2.18. The second-order valence-electron chi connectivity index (χ2n) is 5.74. The third-order valence-corrected chi connectivity index (χ3v) is 4.37. The quantitative estimate of drug-likeness (QED) is 0.675. The van der Waals surface area contributed by atoms with E-state index < -0.39 is 5.82 Å². The van der Waals surface area contributed by atoms with E-state index in [9.17, 15) is 9.18 Å². The van der Waals surface area contributed by atoms with E-state index in [0.29, 0.717) is 18.0 Å². The number of hydrogen-bond donors (Lipinski definition) is 1. The molecule has 0 amide bonds. The molecule has 1 fully saturated rings. The molecule has 0 saturated carbocycles. The van der Waals surface area contributed by atoms with Crippen molar-refractivity contribution >= 4 is 36.7 Å². The van der Waals surface area contributed by atoms with Gasteiger partial charge < -0.3 is 20.2 Å². The van der Waals surface area contributed by atoms with Gasteiger partial charge in [0.05, 0.1) is 6.19 Å². The molecule has 0 unspecified atom stereocenters. The Morgan fingerprint density at radius 3 is 2.58 bits per heavy atom. The van der Waals surface area contributed by atoms with Crippen LogP contribution in [0.5, 0.6) is 0 Å². The lowest BCUT2D eigenvalue weighted by Gasteiger charge is -2.35. The fourth-order valence-electron chi connectivity index (χ4n) is 2.82. The Kier molecular flexibility index (Phi) is 5.01. The summed E-state index contributed by atoms with van der Waals surface area (Å²) < 4.78 is 13.7. The molecule has 0 bridgehead atoms. The molecule has 0 aliphatic carbocycles. The van der Waals surface area contributed by atoms with Crippen molar-refractivity contribution in [1.29, 1.82) is 0 Å². The zero-order valence-corrected chi connectivity index (χ0v) is 13.8. The summed E-state index contributed by atoms with van der Waals surface area (Å²) in [7, 11) is 0.463. The van der Waals surface area contributed by atoms with Gasteiger partial charge in [-0.3, -0.25) is 0 Å². The smallest absolute Gasteiger partial charge is 0.281 e. The minimum Gasteiger partial charge on any atom is -0.381 e. The molecule has 2 N–H and O–H groups in total. The van der Waals surface area contributed by atoms with Crippen molar-refractivity contribution in [3.8, 4) is 11.1 Å². The first-order chi connectivity index (χ1) is 11.6. The Morgan fingerprint density at radius 1 is 1.17 bits per heavy atom. The third kappa shape index (κ3) is 3.68. The number of carbonyl (C=O) groups is 1. The van der Waals surface area contributed by atoms with Crippen LogP contribution < -0.4 is 10.6 Å². The number of aromatic nitrogens is 1. The van der Waals surface area contributed by atoms with Gasteiger partial charge >= 0.3 is 0 Å². The number of carbonyl (C=O) groups excluding carboxylic acids is 1. The van der Waals surface area contributed by atoms with Crippen LogP contribution in [0, 0.1) is 5.82 Å². The van der Waals surface area contributed by atoms with Crippen molar-refractivity contribution in [3.05, 3.63) is 41.3 Å². The van der Waals surface area contributed by atoms with E-state index in [4.69, 9.17) is 17.3 Å². The van der Waals surface area contributed by atoms with Crippen LogP contribution in [0.3, 0.4) is 0 Å². The van der Waals surface area contributed by atoms with E-state index in [-0.39, 0.29) is 5.82 Å². The molecule has 5 nitrogen and oxygen atoms in total. The highest BCUT2D eigenvalue weighted by molar-refractivity contribution is 6.64. The van der Waals surface area contributed by atoms with Gasteiger partial charge in [-0.05, 0) is 29.8 Å². The summed E-state index contributed by atoms with van der Waals surface area (Å²) in [6.07, 6.45) is 2.46. The molecule has 1 aromatic carbocycles. The second-order valence-corrected chi connectivity index (χ2v) is 6.18. The van der Waals surface area contributed by atoms with Crippen LogP contribution in [0.15, 0.2) is 30.5 Å². The summed E-state index contributed by atoms with van der Waals surface area (Å²) in [4.78, 5) is 18.8. The van der Waals surface area contributed by atoms with Gasteiger partial charge in [0.25, 0.3) is 7.41 Å². The largest absolute Gasteiger partial charge is 0.381 e. The van der Waals surface area contributed by atoms with Crippen LogP contribution in [0.2, 0.25) is 5.02 Å². The molecule has 8 heteroatoms. The average Bonchev–Trinajstić information content (AvgIpc) is 2.58. The molecule has 0 spiro atoms. The maximum absolute atomic E-state index is 13.7. The fraction of sp³-hybridized carbons (Fsp3) is 0.250. The molecule has 1 saturated heterocycles. The SMILES string of the molecule is Nc1ncc(-c2cc(Cl)cc(N3CCN(BC=O)CC3)c2)cc1F. The molecular weight excluding hydrogens is 329 g/mol. The maximum atomic E-state index is 13.7. The standard InChI is InChI=1S/C16H17BClFN4O/c18-13-5-11(12-7-15(19)16(20)21-9-12)6-14(8-13)22-1-3-23(4-2-22)17-10-24/h5-10,17H,1-4H2,(H2,20,21). The first-order valence-corrected chi connectivity index (χ1v) is 8.07. The Bertz CT molecular complexity index is 753. The van der Waals surface area contributed by atoms with Gasteiger partial charge in [-0.1, -0.05) is 11.6 Å². The van der Waals surface area contributed by atoms with E-state index in [0.717, 1.165) is 43.6 Å². The summed E-state index contributed by atoms with van der Waals surface area (Å²) in [5, 5.41) is 0.579. The number of pyridine rings is 1. The number of halogens is 2. The van der Waals surface area contributed by atoms with Crippen LogP contribution in [0.25, 0.3) is 11.1 Å². The minimum absolute atomic E-state index is 0.118. The first-order valence-electron chi connectivity index (χ1n) is 7.70. The molecule has 1 aliphatic rings. The number of nitrogens with two attached hydrogens (primary N) is 1. The molecule has 1 aliphatic heterocycles. The summed E-state index contributed by atoms with van der Waals surface area (Å²) >= 11 is 6.25. The highest BCUT2D eigenvalue weighted by atomic mass is 35.5. The maximum Gasteiger partial charge on any atom is 0.281 e. The van der Waals surface area contributed by atoms with Crippen LogP contribution >= 0.6 is 11.6 Å². The monoisotopic (exact) mass is 346 g/mol. The molecule has 0 radical (unpaired) electrons. The van der Waals surface area contributed by atoms with E-state index in [1.54, 1.807) is 6.07 Å². The number of nitrogens with zero attached hydrogens (tertiary/aromatic N) is 3. The number of benzene rings is 1. The molecule has 24 heavy (non-hydrogen) atoms. The van der Waals surface area contributed by atoms with Crippen molar-refractivity contribution in [2.24, 2.45) is 0 Å². The Morgan fingerprint density at radius 2 is 1.92 bits per heavy atom. The summed E-state index contributed by atoms with van der Waals surface area (Å²) in [5.74, 6) is -0.663. The molecular formula is C16H17BClFN4O.